The smallest absolute Gasteiger partial charge is 0.241 e. The molecule has 0 aliphatic heterocycles. The van der Waals surface area contributed by atoms with Crippen LogP contribution in [0.15, 0.2) is 42.5 Å². The van der Waals surface area contributed by atoms with Crippen LogP contribution >= 0.6 is 0 Å². The first-order chi connectivity index (χ1) is 12.6. The van der Waals surface area contributed by atoms with Crippen molar-refractivity contribution in [2.24, 2.45) is 0 Å². The average Bonchev–Trinajstić information content (AvgIpc) is 2.59. The monoisotopic (exact) mass is 390 g/mol. The summed E-state index contributed by atoms with van der Waals surface area (Å²) in [6.07, 6.45) is 1.10. The Bertz CT molecular complexity index is 908. The molecule has 146 valence electrons. The van der Waals surface area contributed by atoms with Crippen LogP contribution in [-0.4, -0.2) is 34.2 Å². The molecule has 1 N–H and O–H groups in total. The van der Waals surface area contributed by atoms with Gasteiger partial charge in [0.25, 0.3) is 0 Å². The van der Waals surface area contributed by atoms with E-state index in [1.165, 1.54) is 0 Å². The normalized spacial score (nSPS) is 12.3. The van der Waals surface area contributed by atoms with E-state index in [9.17, 15) is 13.2 Å². The minimum Gasteiger partial charge on any atom is -0.497 e. The number of aryl methyl sites for hydroxylation is 2. The Hall–Kier alpha value is -2.54. The fourth-order valence-corrected chi connectivity index (χ4v) is 3.77. The number of anilines is 1. The van der Waals surface area contributed by atoms with E-state index < -0.39 is 10.0 Å². The Morgan fingerprint density at radius 1 is 1.15 bits per heavy atom. The molecule has 0 saturated heterocycles. The lowest BCUT2D eigenvalue weighted by Gasteiger charge is -2.25. The van der Waals surface area contributed by atoms with E-state index in [0.717, 1.165) is 33.0 Å². The molecule has 0 bridgehead atoms. The number of ether oxygens (including phenoxy) is 1. The zero-order valence-corrected chi connectivity index (χ0v) is 17.1. The molecule has 0 aliphatic rings. The molecule has 0 radical (unpaired) electrons. The quantitative estimate of drug-likeness (QED) is 0.789. The summed E-state index contributed by atoms with van der Waals surface area (Å²) < 4.78 is 30.8. The van der Waals surface area contributed by atoms with Gasteiger partial charge in [0.05, 0.1) is 25.1 Å². The van der Waals surface area contributed by atoms with Crippen LogP contribution in [0.2, 0.25) is 0 Å². The van der Waals surface area contributed by atoms with Crippen LogP contribution in [0.1, 0.15) is 29.7 Å². The number of amides is 1. The van der Waals surface area contributed by atoms with Crippen molar-refractivity contribution in [3.8, 4) is 5.75 Å². The van der Waals surface area contributed by atoms with Gasteiger partial charge in [0.2, 0.25) is 15.9 Å². The second-order valence-corrected chi connectivity index (χ2v) is 8.53. The summed E-state index contributed by atoms with van der Waals surface area (Å²) in [5.74, 6) is 0.360. The largest absolute Gasteiger partial charge is 0.497 e. The number of nitrogens with zero attached hydrogens (tertiary/aromatic N) is 1. The summed E-state index contributed by atoms with van der Waals surface area (Å²) in [5.41, 5.74) is 3.25. The zero-order valence-electron chi connectivity index (χ0n) is 16.3. The second kappa shape index (κ2) is 8.43. The number of hydrogen-bond acceptors (Lipinski definition) is 4. The summed E-state index contributed by atoms with van der Waals surface area (Å²) in [6.45, 7) is 5.34. The highest BCUT2D eigenvalue weighted by Crippen LogP contribution is 2.23. The van der Waals surface area contributed by atoms with E-state index in [-0.39, 0.29) is 18.5 Å². The fourth-order valence-electron chi connectivity index (χ4n) is 2.86. The first-order valence-electron chi connectivity index (χ1n) is 8.60. The van der Waals surface area contributed by atoms with Gasteiger partial charge in [0.1, 0.15) is 12.3 Å². The first-order valence-corrected chi connectivity index (χ1v) is 10.4. The molecule has 27 heavy (non-hydrogen) atoms. The third kappa shape index (κ3) is 5.47. The van der Waals surface area contributed by atoms with Gasteiger partial charge in [0, 0.05) is 0 Å². The van der Waals surface area contributed by atoms with E-state index in [1.807, 2.05) is 57.2 Å². The maximum Gasteiger partial charge on any atom is 0.241 e. The fraction of sp³-hybridized carbons (Fsp3) is 0.350. The van der Waals surface area contributed by atoms with E-state index in [1.54, 1.807) is 13.2 Å². The van der Waals surface area contributed by atoms with Gasteiger partial charge in [-0.1, -0.05) is 29.8 Å². The minimum atomic E-state index is -3.60. The van der Waals surface area contributed by atoms with Crippen LogP contribution in [0.25, 0.3) is 0 Å². The second-order valence-electron chi connectivity index (χ2n) is 6.62. The number of nitrogens with one attached hydrogen (secondary N) is 1. The Labute approximate surface area is 161 Å². The molecule has 0 saturated carbocycles. The van der Waals surface area contributed by atoms with Crippen LogP contribution in [0, 0.1) is 13.8 Å². The molecule has 0 fully saturated rings. The van der Waals surface area contributed by atoms with E-state index in [2.05, 4.69) is 5.32 Å². The highest BCUT2D eigenvalue weighted by Gasteiger charge is 2.23. The minimum absolute atomic E-state index is 0.260. The van der Waals surface area contributed by atoms with Crippen LogP contribution in [0.4, 0.5) is 5.69 Å². The molecule has 0 unspecified atom stereocenters. The predicted octanol–water partition coefficient (Wildman–Crippen LogP) is 2.96. The summed E-state index contributed by atoms with van der Waals surface area (Å²) in [5, 5.41) is 2.85. The van der Waals surface area contributed by atoms with Gasteiger partial charge in [-0.2, -0.15) is 0 Å². The van der Waals surface area contributed by atoms with Crippen molar-refractivity contribution in [3.63, 3.8) is 0 Å². The Kier molecular flexibility index (Phi) is 6.49. The number of sulfonamides is 1. The lowest BCUT2D eigenvalue weighted by Crippen LogP contribution is -2.41. The van der Waals surface area contributed by atoms with Crippen LogP contribution in [0.5, 0.6) is 5.75 Å². The highest BCUT2D eigenvalue weighted by atomic mass is 32.2. The molecular weight excluding hydrogens is 364 g/mol. The molecule has 0 aromatic heterocycles. The summed E-state index contributed by atoms with van der Waals surface area (Å²) in [4.78, 5) is 12.5. The van der Waals surface area contributed by atoms with E-state index in [4.69, 9.17) is 4.74 Å². The van der Waals surface area contributed by atoms with Gasteiger partial charge in [-0.15, -0.1) is 0 Å². The third-order valence-electron chi connectivity index (χ3n) is 4.30. The topological polar surface area (TPSA) is 75.7 Å². The number of hydrogen-bond donors (Lipinski definition) is 1. The molecule has 0 aliphatic carbocycles. The van der Waals surface area contributed by atoms with Gasteiger partial charge >= 0.3 is 0 Å². The molecule has 0 heterocycles. The van der Waals surface area contributed by atoms with Crippen molar-refractivity contribution in [3.05, 3.63) is 59.2 Å². The Morgan fingerprint density at radius 2 is 1.78 bits per heavy atom. The number of methoxy groups -OCH3 is 1. The number of rotatable bonds is 7. The number of carbonyl (C=O) groups excluding carboxylic acids is 1. The lowest BCUT2D eigenvalue weighted by molar-refractivity contribution is -0.120. The van der Waals surface area contributed by atoms with Gasteiger partial charge in [-0.25, -0.2) is 8.42 Å². The van der Waals surface area contributed by atoms with Crippen molar-refractivity contribution in [2.75, 3.05) is 24.2 Å². The predicted molar refractivity (Wildman–Crippen MR) is 108 cm³/mol. The van der Waals surface area contributed by atoms with Crippen molar-refractivity contribution in [2.45, 2.75) is 26.8 Å². The standard InChI is InChI=1S/C20H26N2O4S/c1-14-6-11-19(15(2)12-14)22(27(5,24)25)13-20(23)21-16(3)17-7-9-18(26-4)10-8-17/h6-12,16H,13H2,1-5H3,(H,21,23)/t16-/m1/s1. The SMILES string of the molecule is COc1ccc([C@@H](C)NC(=O)CN(c2ccc(C)cc2C)S(C)(=O)=O)cc1. The van der Waals surface area contributed by atoms with E-state index in [0.29, 0.717) is 5.69 Å². The van der Waals surface area contributed by atoms with Crippen molar-refractivity contribution in [1.82, 2.24) is 5.32 Å². The summed E-state index contributed by atoms with van der Waals surface area (Å²) >= 11 is 0. The Balaban J connectivity index is 2.16. The lowest BCUT2D eigenvalue weighted by atomic mass is 10.1. The van der Waals surface area contributed by atoms with E-state index >= 15 is 0 Å². The van der Waals surface area contributed by atoms with Gasteiger partial charge < -0.3 is 10.1 Å². The van der Waals surface area contributed by atoms with Crippen LogP contribution < -0.4 is 14.4 Å². The van der Waals surface area contributed by atoms with Gasteiger partial charge in [0.15, 0.2) is 0 Å². The molecule has 6 nitrogen and oxygen atoms in total. The molecular formula is C20H26N2O4S. The zero-order chi connectivity index (χ0) is 20.2. The molecule has 0 spiro atoms. The Morgan fingerprint density at radius 3 is 2.30 bits per heavy atom. The summed E-state index contributed by atoms with van der Waals surface area (Å²) in [7, 11) is -2.01. The van der Waals surface area contributed by atoms with Gasteiger partial charge in [-0.3, -0.25) is 9.10 Å². The average molecular weight is 391 g/mol. The van der Waals surface area contributed by atoms with Gasteiger partial charge in [-0.05, 0) is 50.1 Å². The molecule has 2 rings (SSSR count). The highest BCUT2D eigenvalue weighted by molar-refractivity contribution is 7.92. The number of benzene rings is 2. The first kappa shape index (κ1) is 20.8. The van der Waals surface area contributed by atoms with Crippen molar-refractivity contribution in [1.29, 1.82) is 0 Å². The molecule has 1 atom stereocenters. The van der Waals surface area contributed by atoms with Crippen molar-refractivity contribution >= 4 is 21.6 Å². The third-order valence-corrected chi connectivity index (χ3v) is 5.43. The summed E-state index contributed by atoms with van der Waals surface area (Å²) in [6, 6.07) is 12.6. The molecule has 2 aromatic carbocycles. The number of carbonyl (C=O) groups is 1. The molecule has 2 aromatic rings. The van der Waals surface area contributed by atoms with Crippen LogP contribution in [0.3, 0.4) is 0 Å². The molecule has 1 amide bonds. The maximum atomic E-state index is 12.5. The molecule has 7 heteroatoms. The van der Waals surface area contributed by atoms with Crippen LogP contribution in [-0.2, 0) is 14.8 Å². The van der Waals surface area contributed by atoms with Crippen molar-refractivity contribution < 1.29 is 17.9 Å². The maximum absolute atomic E-state index is 12.5.